The second kappa shape index (κ2) is 8.82. The lowest BCUT2D eigenvalue weighted by atomic mass is 9.65. The van der Waals surface area contributed by atoms with Gasteiger partial charge in [-0.1, -0.05) is 56.9 Å². The van der Waals surface area contributed by atoms with E-state index in [1.165, 1.54) is 108 Å². The molecular weight excluding hydrogens is 328 g/mol. The highest BCUT2D eigenvalue weighted by molar-refractivity contribution is 5.77. The van der Waals surface area contributed by atoms with E-state index >= 15 is 0 Å². The first-order valence-electron chi connectivity index (χ1n) is 11.6. The van der Waals surface area contributed by atoms with E-state index in [4.69, 9.17) is 0 Å². The van der Waals surface area contributed by atoms with Gasteiger partial charge < -0.3 is 4.90 Å². The fraction of sp³-hybridized carbons (Fsp3) is 0.680. The minimum absolute atomic E-state index is 0.654. The van der Waals surface area contributed by atoms with Crippen LogP contribution in [-0.2, 0) is 0 Å². The second-order valence-electron chi connectivity index (χ2n) is 9.19. The molecule has 1 aromatic carbocycles. The summed E-state index contributed by atoms with van der Waals surface area (Å²) >= 11 is 0. The fourth-order valence-electron chi connectivity index (χ4n) is 5.56. The van der Waals surface area contributed by atoms with Crippen LogP contribution in [0.3, 0.4) is 0 Å². The molecule has 0 amide bonds. The summed E-state index contributed by atoms with van der Waals surface area (Å²) in [5.74, 6) is 0. The summed E-state index contributed by atoms with van der Waals surface area (Å²) in [4.78, 5) is 5.29. The van der Waals surface area contributed by atoms with E-state index in [0.29, 0.717) is 5.41 Å². The van der Waals surface area contributed by atoms with Crippen LogP contribution in [0.1, 0.15) is 76.7 Å². The molecule has 0 N–H and O–H groups in total. The van der Waals surface area contributed by atoms with E-state index in [0.717, 1.165) is 0 Å². The van der Waals surface area contributed by atoms with Crippen molar-refractivity contribution in [3.63, 3.8) is 0 Å². The third-order valence-corrected chi connectivity index (χ3v) is 7.41. The molecule has 0 aromatic heterocycles. The van der Waals surface area contributed by atoms with Gasteiger partial charge in [0.1, 0.15) is 0 Å². The number of benzene rings is 1. The number of anilines is 1. The molecule has 1 aliphatic heterocycles. The molecule has 1 heterocycles. The van der Waals surface area contributed by atoms with E-state index in [-0.39, 0.29) is 0 Å². The summed E-state index contributed by atoms with van der Waals surface area (Å²) in [6, 6.07) is 9.21. The van der Waals surface area contributed by atoms with Gasteiger partial charge in [0, 0.05) is 37.4 Å². The number of nitrogens with zero attached hydrogens (tertiary/aromatic N) is 2. The van der Waals surface area contributed by atoms with Gasteiger partial charge in [0.25, 0.3) is 0 Å². The Morgan fingerprint density at radius 2 is 1.70 bits per heavy atom. The summed E-state index contributed by atoms with van der Waals surface area (Å²) in [6.45, 7) is 8.37. The molecular formula is C25H38N2. The van der Waals surface area contributed by atoms with Crippen molar-refractivity contribution in [1.29, 1.82) is 0 Å². The Kier molecular flexibility index (Phi) is 6.22. The summed E-state index contributed by atoms with van der Waals surface area (Å²) in [7, 11) is 0. The molecule has 0 bridgehead atoms. The van der Waals surface area contributed by atoms with Gasteiger partial charge in [-0.05, 0) is 62.1 Å². The maximum Gasteiger partial charge on any atom is 0.0443 e. The molecule has 4 rings (SSSR count). The zero-order valence-electron chi connectivity index (χ0n) is 17.4. The lowest BCUT2D eigenvalue weighted by molar-refractivity contribution is 0.172. The first kappa shape index (κ1) is 19.1. The van der Waals surface area contributed by atoms with Gasteiger partial charge in [-0.15, -0.1) is 0 Å². The Hall–Kier alpha value is -1.28. The minimum atomic E-state index is 0.654. The van der Waals surface area contributed by atoms with Crippen LogP contribution in [0.25, 0.3) is 5.57 Å². The summed E-state index contributed by atoms with van der Waals surface area (Å²) in [5, 5.41) is 0. The third-order valence-electron chi connectivity index (χ3n) is 7.41. The summed E-state index contributed by atoms with van der Waals surface area (Å²) in [5.41, 5.74) is 5.28. The first-order chi connectivity index (χ1) is 13.3. The van der Waals surface area contributed by atoms with Crippen LogP contribution in [0.2, 0.25) is 0 Å². The molecule has 0 unspecified atom stereocenters. The summed E-state index contributed by atoms with van der Waals surface area (Å²) < 4.78 is 0. The van der Waals surface area contributed by atoms with Crippen LogP contribution in [0.15, 0.2) is 30.3 Å². The largest absolute Gasteiger partial charge is 0.368 e. The Morgan fingerprint density at radius 3 is 2.41 bits per heavy atom. The summed E-state index contributed by atoms with van der Waals surface area (Å²) in [6.07, 6.45) is 16.6. The van der Waals surface area contributed by atoms with Gasteiger partial charge in [-0.3, -0.25) is 4.90 Å². The Morgan fingerprint density at radius 1 is 0.926 bits per heavy atom. The molecule has 1 spiro atoms. The monoisotopic (exact) mass is 366 g/mol. The maximum atomic E-state index is 2.65. The first-order valence-corrected chi connectivity index (χ1v) is 11.6. The SMILES string of the molecule is CCCCN1CCN(c2ccccc2C2=CCC3(CCCCC3)CC2)CC1. The zero-order valence-corrected chi connectivity index (χ0v) is 17.4. The molecule has 2 heteroatoms. The molecule has 1 aromatic rings. The Bertz CT molecular complexity index is 633. The molecule has 148 valence electrons. The molecule has 2 nitrogen and oxygen atoms in total. The van der Waals surface area contributed by atoms with Crippen molar-refractivity contribution < 1.29 is 0 Å². The van der Waals surface area contributed by atoms with E-state index in [2.05, 4.69) is 47.1 Å². The highest BCUT2D eigenvalue weighted by atomic mass is 15.3. The van der Waals surface area contributed by atoms with Gasteiger partial charge in [0.15, 0.2) is 0 Å². The van der Waals surface area contributed by atoms with Crippen LogP contribution in [0.4, 0.5) is 5.69 Å². The van der Waals surface area contributed by atoms with Crippen LogP contribution in [0.5, 0.6) is 0 Å². The van der Waals surface area contributed by atoms with Crippen molar-refractivity contribution in [3.8, 4) is 0 Å². The number of para-hydroxylation sites is 1. The number of hydrogen-bond acceptors (Lipinski definition) is 2. The van der Waals surface area contributed by atoms with Crippen molar-refractivity contribution in [1.82, 2.24) is 4.90 Å². The Labute approximate surface area is 166 Å². The molecule has 2 aliphatic carbocycles. The lowest BCUT2D eigenvalue weighted by Gasteiger charge is -2.41. The number of piperazine rings is 1. The quantitative estimate of drug-likeness (QED) is 0.619. The third kappa shape index (κ3) is 4.42. The van der Waals surface area contributed by atoms with Crippen molar-refractivity contribution in [2.45, 2.75) is 71.1 Å². The van der Waals surface area contributed by atoms with Crippen molar-refractivity contribution >= 4 is 11.3 Å². The van der Waals surface area contributed by atoms with Crippen LogP contribution < -0.4 is 4.90 Å². The number of rotatable bonds is 5. The fourth-order valence-corrected chi connectivity index (χ4v) is 5.56. The smallest absolute Gasteiger partial charge is 0.0443 e. The van der Waals surface area contributed by atoms with E-state index < -0.39 is 0 Å². The van der Waals surface area contributed by atoms with Crippen LogP contribution in [-0.4, -0.2) is 37.6 Å². The zero-order chi connectivity index (χ0) is 18.5. The molecule has 0 radical (unpaired) electrons. The highest BCUT2D eigenvalue weighted by Crippen LogP contribution is 2.49. The standard InChI is InChI=1S/C25H38N2/c1-2-3-17-26-18-20-27(21-19-26)24-10-6-5-9-23(24)22-11-15-25(16-12-22)13-7-4-8-14-25/h5-6,9-11H,2-4,7-8,12-21H2,1H3. The van der Waals surface area contributed by atoms with Gasteiger partial charge in [-0.2, -0.15) is 0 Å². The average Bonchev–Trinajstić information content (AvgIpc) is 2.74. The predicted molar refractivity (Wildman–Crippen MR) is 117 cm³/mol. The normalized spacial score (nSPS) is 23.4. The van der Waals surface area contributed by atoms with Crippen LogP contribution in [0, 0.1) is 5.41 Å². The number of allylic oxidation sites excluding steroid dienone is 2. The van der Waals surface area contributed by atoms with Gasteiger partial charge in [-0.25, -0.2) is 0 Å². The van der Waals surface area contributed by atoms with Crippen molar-refractivity contribution in [3.05, 3.63) is 35.9 Å². The molecule has 0 atom stereocenters. The second-order valence-corrected chi connectivity index (χ2v) is 9.19. The van der Waals surface area contributed by atoms with E-state index in [9.17, 15) is 0 Å². The molecule has 27 heavy (non-hydrogen) atoms. The number of hydrogen-bond donors (Lipinski definition) is 0. The Balaban J connectivity index is 1.44. The van der Waals surface area contributed by atoms with Gasteiger partial charge in [0.2, 0.25) is 0 Å². The lowest BCUT2D eigenvalue weighted by Crippen LogP contribution is -2.46. The molecule has 2 fully saturated rings. The number of unbranched alkanes of at least 4 members (excludes halogenated alkanes) is 1. The van der Waals surface area contributed by atoms with Crippen molar-refractivity contribution in [2.24, 2.45) is 5.41 Å². The predicted octanol–water partition coefficient (Wildman–Crippen LogP) is 6.13. The van der Waals surface area contributed by atoms with E-state index in [1.807, 2.05) is 0 Å². The molecule has 1 saturated carbocycles. The molecule has 3 aliphatic rings. The van der Waals surface area contributed by atoms with Gasteiger partial charge in [0.05, 0.1) is 0 Å². The maximum absolute atomic E-state index is 2.65. The molecule has 1 saturated heterocycles. The highest BCUT2D eigenvalue weighted by Gasteiger charge is 2.33. The van der Waals surface area contributed by atoms with E-state index in [1.54, 1.807) is 5.57 Å². The minimum Gasteiger partial charge on any atom is -0.368 e. The topological polar surface area (TPSA) is 6.48 Å². The average molecular weight is 367 g/mol. The van der Waals surface area contributed by atoms with Crippen molar-refractivity contribution in [2.75, 3.05) is 37.6 Å². The van der Waals surface area contributed by atoms with Gasteiger partial charge >= 0.3 is 0 Å². The van der Waals surface area contributed by atoms with Crippen LogP contribution >= 0.6 is 0 Å².